The van der Waals surface area contributed by atoms with Crippen LogP contribution in [0.15, 0.2) is 30.3 Å². The first-order valence-corrected chi connectivity index (χ1v) is 8.55. The Bertz CT molecular complexity index is 537. The summed E-state index contributed by atoms with van der Waals surface area (Å²) in [6, 6.07) is 8.86. The molecule has 1 N–H and O–H groups in total. The average Bonchev–Trinajstić information content (AvgIpc) is 2.51. The zero-order chi connectivity index (χ0) is 18.3. The van der Waals surface area contributed by atoms with E-state index in [1.54, 1.807) is 25.7 Å². The van der Waals surface area contributed by atoms with E-state index in [2.05, 4.69) is 5.32 Å². The van der Waals surface area contributed by atoms with Gasteiger partial charge in [0.05, 0.1) is 0 Å². The van der Waals surface area contributed by atoms with Crippen LogP contribution >= 0.6 is 0 Å². The maximum Gasteiger partial charge on any atom is 0.408 e. The Kier molecular flexibility index (Phi) is 7.26. The molecule has 1 aromatic rings. The molecule has 0 saturated carbocycles. The third kappa shape index (κ3) is 5.87. The quantitative estimate of drug-likeness (QED) is 0.856. The van der Waals surface area contributed by atoms with Crippen LogP contribution in [0.3, 0.4) is 0 Å². The van der Waals surface area contributed by atoms with E-state index in [0.29, 0.717) is 6.54 Å². The van der Waals surface area contributed by atoms with Crippen LogP contribution < -0.4 is 10.2 Å². The second-order valence-corrected chi connectivity index (χ2v) is 6.93. The number of para-hydroxylation sites is 1. The van der Waals surface area contributed by atoms with E-state index in [9.17, 15) is 9.59 Å². The number of alkyl carbamates (subject to hydrolysis) is 1. The third-order valence-corrected chi connectivity index (χ3v) is 3.80. The number of nitrogens with one attached hydrogen (secondary N) is 1. The largest absolute Gasteiger partial charge is 0.444 e. The van der Waals surface area contributed by atoms with Gasteiger partial charge in [-0.2, -0.15) is 0 Å². The number of nitrogens with zero attached hydrogens (tertiary/aromatic N) is 1. The van der Waals surface area contributed by atoms with Gasteiger partial charge in [-0.1, -0.05) is 38.5 Å². The Labute approximate surface area is 145 Å². The molecular formula is C19H30N2O3. The van der Waals surface area contributed by atoms with E-state index in [1.165, 1.54) is 0 Å². The fraction of sp³-hybridized carbons (Fsp3) is 0.579. The monoisotopic (exact) mass is 334 g/mol. The molecule has 0 aliphatic rings. The van der Waals surface area contributed by atoms with Crippen LogP contribution in [0, 0.1) is 5.92 Å². The predicted octanol–water partition coefficient (Wildman–Crippen LogP) is 3.98. The molecule has 5 nitrogen and oxygen atoms in total. The van der Waals surface area contributed by atoms with Gasteiger partial charge in [0.2, 0.25) is 5.91 Å². The van der Waals surface area contributed by atoms with Crippen molar-refractivity contribution in [1.82, 2.24) is 5.32 Å². The minimum atomic E-state index is -0.620. The highest BCUT2D eigenvalue weighted by molar-refractivity contribution is 5.98. The molecule has 24 heavy (non-hydrogen) atoms. The van der Waals surface area contributed by atoms with Crippen molar-refractivity contribution in [3.8, 4) is 0 Å². The summed E-state index contributed by atoms with van der Waals surface area (Å²) in [5.74, 6) is -0.119. The van der Waals surface area contributed by atoms with Crippen LogP contribution in [0.1, 0.15) is 48.0 Å². The number of hydrogen-bond acceptors (Lipinski definition) is 3. The van der Waals surface area contributed by atoms with Gasteiger partial charge in [0.1, 0.15) is 11.6 Å². The summed E-state index contributed by atoms with van der Waals surface area (Å²) in [6.07, 6.45) is 0.212. The molecule has 1 rings (SSSR count). The molecule has 0 fully saturated rings. The fourth-order valence-corrected chi connectivity index (χ4v) is 2.36. The van der Waals surface area contributed by atoms with Crippen LogP contribution in [-0.2, 0) is 9.53 Å². The summed E-state index contributed by atoms with van der Waals surface area (Å²) >= 11 is 0. The van der Waals surface area contributed by atoms with E-state index in [0.717, 1.165) is 12.1 Å². The predicted molar refractivity (Wildman–Crippen MR) is 97.1 cm³/mol. The lowest BCUT2D eigenvalue weighted by molar-refractivity contribution is -0.121. The van der Waals surface area contributed by atoms with Crippen molar-refractivity contribution in [3.05, 3.63) is 30.3 Å². The first kappa shape index (κ1) is 20.0. The molecule has 0 heterocycles. The summed E-state index contributed by atoms with van der Waals surface area (Å²) in [7, 11) is 0. The van der Waals surface area contributed by atoms with Crippen LogP contribution in [0.2, 0.25) is 0 Å². The normalized spacial score (nSPS) is 13.8. The maximum absolute atomic E-state index is 13.0. The Morgan fingerprint density at radius 2 is 1.75 bits per heavy atom. The topological polar surface area (TPSA) is 58.6 Å². The van der Waals surface area contributed by atoms with Crippen LogP contribution in [0.5, 0.6) is 0 Å². The van der Waals surface area contributed by atoms with Gasteiger partial charge in [-0.15, -0.1) is 0 Å². The lowest BCUT2D eigenvalue weighted by atomic mass is 9.97. The SMILES string of the molecule is CCC(C)C(NC(=O)OC(C)(C)C)C(=O)N(CC)c1ccccc1. The number of rotatable bonds is 6. The number of likely N-dealkylation sites (N-methyl/N-ethyl adjacent to an activating group) is 1. The summed E-state index contributed by atoms with van der Waals surface area (Å²) in [5, 5.41) is 2.76. The molecule has 0 saturated heterocycles. The van der Waals surface area contributed by atoms with Gasteiger partial charge in [-0.3, -0.25) is 4.79 Å². The molecule has 1 aromatic carbocycles. The maximum atomic E-state index is 13.0. The standard InChI is InChI=1S/C19H30N2O3/c1-7-14(3)16(20-18(23)24-19(4,5)6)17(22)21(8-2)15-12-10-9-11-13-15/h9-14,16H,7-8H2,1-6H3,(H,20,23). The van der Waals surface area contributed by atoms with E-state index < -0.39 is 17.7 Å². The van der Waals surface area contributed by atoms with Crippen LogP contribution in [-0.4, -0.2) is 30.2 Å². The summed E-state index contributed by atoms with van der Waals surface area (Å²) in [4.78, 5) is 26.9. The number of benzene rings is 1. The highest BCUT2D eigenvalue weighted by atomic mass is 16.6. The van der Waals surface area contributed by atoms with Crippen LogP contribution in [0.25, 0.3) is 0 Å². The molecule has 2 unspecified atom stereocenters. The lowest BCUT2D eigenvalue weighted by Crippen LogP contribution is -2.52. The van der Waals surface area contributed by atoms with Crippen molar-refractivity contribution in [2.24, 2.45) is 5.92 Å². The highest BCUT2D eigenvalue weighted by Gasteiger charge is 2.31. The molecule has 0 spiro atoms. The first-order valence-electron chi connectivity index (χ1n) is 8.55. The van der Waals surface area contributed by atoms with Crippen LogP contribution in [0.4, 0.5) is 10.5 Å². The summed E-state index contributed by atoms with van der Waals surface area (Å²) in [5.41, 5.74) is 0.223. The van der Waals surface area contributed by atoms with E-state index in [1.807, 2.05) is 51.1 Å². The molecule has 134 valence electrons. The number of hydrogen-bond donors (Lipinski definition) is 1. The average molecular weight is 334 g/mol. The molecular weight excluding hydrogens is 304 g/mol. The van der Waals surface area contributed by atoms with Crippen molar-refractivity contribution in [2.75, 3.05) is 11.4 Å². The molecule has 0 aliphatic heterocycles. The number of amides is 2. The third-order valence-electron chi connectivity index (χ3n) is 3.80. The minimum Gasteiger partial charge on any atom is -0.444 e. The van der Waals surface area contributed by atoms with Gasteiger partial charge in [-0.05, 0) is 45.7 Å². The Hall–Kier alpha value is -2.04. The number of ether oxygens (including phenoxy) is 1. The second-order valence-electron chi connectivity index (χ2n) is 6.93. The molecule has 0 radical (unpaired) electrons. The van der Waals surface area contributed by atoms with E-state index in [-0.39, 0.29) is 11.8 Å². The zero-order valence-electron chi connectivity index (χ0n) is 15.6. The molecule has 0 aromatic heterocycles. The second kappa shape index (κ2) is 8.71. The Morgan fingerprint density at radius 3 is 2.21 bits per heavy atom. The van der Waals surface area contributed by atoms with Gasteiger partial charge in [-0.25, -0.2) is 4.79 Å². The lowest BCUT2D eigenvalue weighted by Gasteiger charge is -2.31. The number of carbonyl (C=O) groups excluding carboxylic acids is 2. The molecule has 0 aliphatic carbocycles. The van der Waals surface area contributed by atoms with Crippen molar-refractivity contribution < 1.29 is 14.3 Å². The summed E-state index contributed by atoms with van der Waals surface area (Å²) in [6.45, 7) is 11.8. The van der Waals surface area contributed by atoms with Gasteiger partial charge in [0.15, 0.2) is 0 Å². The van der Waals surface area contributed by atoms with E-state index in [4.69, 9.17) is 4.74 Å². The fourth-order valence-electron chi connectivity index (χ4n) is 2.36. The Morgan fingerprint density at radius 1 is 1.17 bits per heavy atom. The van der Waals surface area contributed by atoms with Gasteiger partial charge in [0, 0.05) is 12.2 Å². The number of anilines is 1. The van der Waals surface area contributed by atoms with Crippen molar-refractivity contribution in [2.45, 2.75) is 59.6 Å². The Balaban J connectivity index is 2.98. The van der Waals surface area contributed by atoms with Crippen molar-refractivity contribution >= 4 is 17.7 Å². The minimum absolute atomic E-state index is 0.00257. The van der Waals surface area contributed by atoms with Crippen molar-refractivity contribution in [3.63, 3.8) is 0 Å². The molecule has 5 heteroatoms. The van der Waals surface area contributed by atoms with Crippen molar-refractivity contribution in [1.29, 1.82) is 0 Å². The smallest absolute Gasteiger partial charge is 0.408 e. The zero-order valence-corrected chi connectivity index (χ0v) is 15.6. The van der Waals surface area contributed by atoms with Gasteiger partial charge in [0.25, 0.3) is 0 Å². The molecule has 2 amide bonds. The van der Waals surface area contributed by atoms with Gasteiger partial charge < -0.3 is 15.0 Å². The van der Waals surface area contributed by atoms with Gasteiger partial charge >= 0.3 is 6.09 Å². The number of carbonyl (C=O) groups is 2. The van der Waals surface area contributed by atoms with E-state index >= 15 is 0 Å². The summed E-state index contributed by atoms with van der Waals surface area (Å²) < 4.78 is 5.31. The first-order chi connectivity index (χ1) is 11.2. The molecule has 0 bridgehead atoms. The molecule has 2 atom stereocenters. The highest BCUT2D eigenvalue weighted by Crippen LogP contribution is 2.18.